The normalized spacial score (nSPS) is 18.3. The van der Waals surface area contributed by atoms with Crippen molar-refractivity contribution in [1.82, 2.24) is 10.6 Å². The molecular weight excluding hydrogens is 328 g/mol. The predicted molar refractivity (Wildman–Crippen MR) is 101 cm³/mol. The molecule has 2 aromatic carbocycles. The lowest BCUT2D eigenvalue weighted by Crippen LogP contribution is -2.41. The second-order valence-electron chi connectivity index (χ2n) is 6.77. The topological polar surface area (TPSA) is 70.6 Å². The molecule has 0 radical (unpaired) electrons. The molecule has 138 valence electrons. The first-order valence-electron chi connectivity index (χ1n) is 9.05. The van der Waals surface area contributed by atoms with Gasteiger partial charge in [-0.2, -0.15) is 0 Å². The van der Waals surface area contributed by atoms with Crippen LogP contribution in [0.3, 0.4) is 0 Å². The Kier molecular flexibility index (Phi) is 5.78. The lowest BCUT2D eigenvalue weighted by molar-refractivity contribution is 0.142. The van der Waals surface area contributed by atoms with E-state index in [0.29, 0.717) is 26.0 Å². The van der Waals surface area contributed by atoms with Gasteiger partial charge in [-0.15, -0.1) is 0 Å². The van der Waals surface area contributed by atoms with E-state index in [1.54, 1.807) is 0 Å². The third-order valence-electron chi connectivity index (χ3n) is 4.75. The van der Waals surface area contributed by atoms with Gasteiger partial charge >= 0.3 is 6.03 Å². The third kappa shape index (κ3) is 4.17. The summed E-state index contributed by atoms with van der Waals surface area (Å²) in [5.41, 5.74) is 4.31. The maximum absolute atomic E-state index is 12.1. The van der Waals surface area contributed by atoms with Crippen LogP contribution in [-0.4, -0.2) is 30.4 Å². The first-order chi connectivity index (χ1) is 12.6. The monoisotopic (exact) mass is 354 g/mol. The van der Waals surface area contributed by atoms with Crippen LogP contribution in [-0.2, 0) is 6.42 Å². The number of ether oxygens (including phenoxy) is 1. The highest BCUT2D eigenvalue weighted by Gasteiger charge is 2.31. The summed E-state index contributed by atoms with van der Waals surface area (Å²) in [7, 11) is 0. The number of aliphatic hydroxyl groups is 1. The number of carbonyl (C=O) groups is 1. The molecule has 1 aliphatic carbocycles. The van der Waals surface area contributed by atoms with Gasteiger partial charge in [0.2, 0.25) is 0 Å². The third-order valence-corrected chi connectivity index (χ3v) is 4.75. The molecule has 0 aromatic heterocycles. The fourth-order valence-corrected chi connectivity index (χ4v) is 3.42. The molecule has 0 fully saturated rings. The summed E-state index contributed by atoms with van der Waals surface area (Å²) < 4.78 is 5.83. The predicted octanol–water partition coefficient (Wildman–Crippen LogP) is 3.03. The molecule has 2 aromatic rings. The summed E-state index contributed by atoms with van der Waals surface area (Å²) in [5.74, 6) is 0.919. The molecule has 0 unspecified atom stereocenters. The first-order valence-corrected chi connectivity index (χ1v) is 9.05. The average molecular weight is 354 g/mol. The maximum Gasteiger partial charge on any atom is 0.315 e. The molecule has 3 rings (SSSR count). The van der Waals surface area contributed by atoms with Gasteiger partial charge in [-0.25, -0.2) is 4.79 Å². The number of benzene rings is 2. The molecule has 2 atom stereocenters. The Morgan fingerprint density at radius 2 is 1.88 bits per heavy atom. The minimum atomic E-state index is -0.578. The number of urea groups is 1. The number of aliphatic hydroxyl groups excluding tert-OH is 1. The smallest absolute Gasteiger partial charge is 0.315 e. The quantitative estimate of drug-likeness (QED) is 0.699. The highest BCUT2D eigenvalue weighted by atomic mass is 16.5. The lowest BCUT2D eigenvalue weighted by Gasteiger charge is -2.18. The molecule has 0 spiro atoms. The van der Waals surface area contributed by atoms with E-state index >= 15 is 0 Å². The van der Waals surface area contributed by atoms with Crippen molar-refractivity contribution in [2.75, 3.05) is 13.2 Å². The molecule has 5 nitrogen and oxygen atoms in total. The second kappa shape index (κ2) is 8.23. The average Bonchev–Trinajstić information content (AvgIpc) is 2.92. The van der Waals surface area contributed by atoms with Crippen LogP contribution in [0.1, 0.15) is 34.7 Å². The van der Waals surface area contributed by atoms with Gasteiger partial charge in [0.1, 0.15) is 5.75 Å². The van der Waals surface area contributed by atoms with Gasteiger partial charge in [-0.1, -0.05) is 42.5 Å². The van der Waals surface area contributed by atoms with Crippen molar-refractivity contribution < 1.29 is 14.6 Å². The molecule has 5 heteroatoms. The van der Waals surface area contributed by atoms with E-state index in [9.17, 15) is 9.90 Å². The molecule has 1 aliphatic rings. The fraction of sp³-hybridized carbons (Fsp3) is 0.381. The van der Waals surface area contributed by atoms with Gasteiger partial charge in [0, 0.05) is 13.0 Å². The van der Waals surface area contributed by atoms with Crippen molar-refractivity contribution in [2.24, 2.45) is 0 Å². The highest BCUT2D eigenvalue weighted by Crippen LogP contribution is 2.31. The Bertz CT molecular complexity index is 755. The zero-order valence-electron chi connectivity index (χ0n) is 15.3. The number of carbonyl (C=O) groups excluding carboxylic acids is 1. The Hall–Kier alpha value is -2.53. The fourth-order valence-electron chi connectivity index (χ4n) is 3.42. The zero-order chi connectivity index (χ0) is 18.5. The highest BCUT2D eigenvalue weighted by molar-refractivity contribution is 5.74. The van der Waals surface area contributed by atoms with Crippen molar-refractivity contribution in [1.29, 1.82) is 0 Å². The van der Waals surface area contributed by atoms with Crippen LogP contribution in [0.4, 0.5) is 4.79 Å². The number of para-hydroxylation sites is 1. The summed E-state index contributed by atoms with van der Waals surface area (Å²) in [6, 6.07) is 13.3. The van der Waals surface area contributed by atoms with Gasteiger partial charge in [-0.3, -0.25) is 0 Å². The largest absolute Gasteiger partial charge is 0.493 e. The molecule has 3 N–H and O–H groups in total. The molecule has 26 heavy (non-hydrogen) atoms. The van der Waals surface area contributed by atoms with Crippen LogP contribution in [0.2, 0.25) is 0 Å². The molecule has 0 saturated heterocycles. The first kappa shape index (κ1) is 18.3. The van der Waals surface area contributed by atoms with Gasteiger partial charge in [0.05, 0.1) is 18.8 Å². The summed E-state index contributed by atoms with van der Waals surface area (Å²) >= 11 is 0. The van der Waals surface area contributed by atoms with E-state index in [1.807, 2.05) is 56.3 Å². The van der Waals surface area contributed by atoms with E-state index in [0.717, 1.165) is 28.0 Å². The lowest BCUT2D eigenvalue weighted by atomic mass is 10.1. The van der Waals surface area contributed by atoms with Gasteiger partial charge in [-0.05, 0) is 42.5 Å². The number of hydrogen-bond donors (Lipinski definition) is 3. The van der Waals surface area contributed by atoms with Crippen LogP contribution in [0.15, 0.2) is 42.5 Å². The van der Waals surface area contributed by atoms with Crippen LogP contribution in [0.5, 0.6) is 5.75 Å². The number of rotatable bonds is 6. The number of hydrogen-bond acceptors (Lipinski definition) is 3. The van der Waals surface area contributed by atoms with Crippen LogP contribution in [0, 0.1) is 13.8 Å². The van der Waals surface area contributed by atoms with Crippen molar-refractivity contribution in [3.63, 3.8) is 0 Å². The zero-order valence-corrected chi connectivity index (χ0v) is 15.3. The van der Waals surface area contributed by atoms with E-state index in [4.69, 9.17) is 4.74 Å². The molecule has 0 bridgehead atoms. The van der Waals surface area contributed by atoms with Crippen molar-refractivity contribution in [3.8, 4) is 5.75 Å². The molecule has 0 saturated carbocycles. The van der Waals surface area contributed by atoms with E-state index in [-0.39, 0.29) is 12.1 Å². The van der Waals surface area contributed by atoms with E-state index in [2.05, 4.69) is 10.6 Å². The Morgan fingerprint density at radius 3 is 2.65 bits per heavy atom. The number of fused-ring (bicyclic) bond motifs is 1. The van der Waals surface area contributed by atoms with Gasteiger partial charge in [0.25, 0.3) is 0 Å². The standard InChI is InChI=1S/C21H26N2O3/c1-14-7-5-8-15(2)20(14)26-12-6-11-22-21(25)23-19-17-10-4-3-9-16(17)13-18(19)24/h3-5,7-10,18-19,24H,6,11-13H2,1-2H3,(H2,22,23,25)/t18-,19+/m1/s1. The summed E-state index contributed by atoms with van der Waals surface area (Å²) in [6.45, 7) is 5.11. The van der Waals surface area contributed by atoms with Gasteiger partial charge in [0.15, 0.2) is 0 Å². The van der Waals surface area contributed by atoms with Crippen molar-refractivity contribution in [2.45, 2.75) is 38.8 Å². The maximum atomic E-state index is 12.1. The van der Waals surface area contributed by atoms with Crippen LogP contribution < -0.4 is 15.4 Å². The number of amides is 2. The second-order valence-corrected chi connectivity index (χ2v) is 6.77. The molecule has 0 heterocycles. The van der Waals surface area contributed by atoms with Crippen LogP contribution in [0.25, 0.3) is 0 Å². The minimum absolute atomic E-state index is 0.266. The number of nitrogens with one attached hydrogen (secondary N) is 2. The Morgan fingerprint density at radius 1 is 1.15 bits per heavy atom. The van der Waals surface area contributed by atoms with Crippen molar-refractivity contribution in [3.05, 3.63) is 64.7 Å². The van der Waals surface area contributed by atoms with Crippen molar-refractivity contribution >= 4 is 6.03 Å². The van der Waals surface area contributed by atoms with E-state index < -0.39 is 6.10 Å². The summed E-state index contributed by atoms with van der Waals surface area (Å²) in [4.78, 5) is 12.1. The molecule has 2 amide bonds. The minimum Gasteiger partial charge on any atom is -0.493 e. The van der Waals surface area contributed by atoms with Crippen LogP contribution >= 0.6 is 0 Å². The Labute approximate surface area is 154 Å². The number of aryl methyl sites for hydroxylation is 2. The molecular formula is C21H26N2O3. The summed E-state index contributed by atoms with van der Waals surface area (Å²) in [6.07, 6.45) is 0.709. The van der Waals surface area contributed by atoms with E-state index in [1.165, 1.54) is 0 Å². The SMILES string of the molecule is Cc1cccc(C)c1OCCCNC(=O)N[C@H]1c2ccccc2C[C@H]1O. The Balaban J connectivity index is 1.41. The van der Waals surface area contributed by atoms with Gasteiger partial charge < -0.3 is 20.5 Å². The molecule has 0 aliphatic heterocycles. The summed E-state index contributed by atoms with van der Waals surface area (Å²) in [5, 5.41) is 15.9.